The molecule has 5 nitrogen and oxygen atoms in total. The Morgan fingerprint density at radius 3 is 2.12 bits per heavy atom. The highest BCUT2D eigenvalue weighted by atomic mass is 35.5. The van der Waals surface area contributed by atoms with Crippen molar-refractivity contribution in [1.29, 1.82) is 0 Å². The Balaban J connectivity index is 1.96. The number of piperazine rings is 1. The first kappa shape index (κ1) is 12.5. The summed E-state index contributed by atoms with van der Waals surface area (Å²) in [5.74, 6) is 0. The van der Waals surface area contributed by atoms with Gasteiger partial charge < -0.3 is 14.5 Å². The van der Waals surface area contributed by atoms with E-state index in [4.69, 9.17) is 16.3 Å². The molecule has 0 aromatic heterocycles. The maximum atomic E-state index is 11.9. The molecule has 0 saturated carbocycles. The van der Waals surface area contributed by atoms with E-state index in [0.29, 0.717) is 13.1 Å². The molecule has 2 amide bonds. The highest BCUT2D eigenvalue weighted by Crippen LogP contribution is 2.32. The lowest BCUT2D eigenvalue weighted by Crippen LogP contribution is -2.50. The Labute approximate surface area is 106 Å². The van der Waals surface area contributed by atoms with Crippen molar-refractivity contribution in [2.45, 2.75) is 44.9 Å². The van der Waals surface area contributed by atoms with Gasteiger partial charge in [0.1, 0.15) is 5.60 Å². The molecule has 2 aliphatic rings. The number of nitrogens with zero attached hydrogens (tertiary/aromatic N) is 2. The first-order valence-corrected chi connectivity index (χ1v) is 6.11. The van der Waals surface area contributed by atoms with E-state index >= 15 is 0 Å². The molecule has 2 fully saturated rings. The fourth-order valence-electron chi connectivity index (χ4n) is 2.43. The highest BCUT2D eigenvalue weighted by molar-refractivity contribution is 6.62. The number of rotatable bonds is 0. The van der Waals surface area contributed by atoms with Gasteiger partial charge in [0.15, 0.2) is 0 Å². The van der Waals surface area contributed by atoms with E-state index < -0.39 is 11.0 Å². The second-order valence-electron chi connectivity index (χ2n) is 5.58. The van der Waals surface area contributed by atoms with E-state index in [2.05, 4.69) is 0 Å². The van der Waals surface area contributed by atoms with Gasteiger partial charge in [0, 0.05) is 13.1 Å². The molecule has 2 heterocycles. The summed E-state index contributed by atoms with van der Waals surface area (Å²) >= 11 is 5.46. The van der Waals surface area contributed by atoms with Crippen LogP contribution in [0.2, 0.25) is 0 Å². The summed E-state index contributed by atoms with van der Waals surface area (Å²) in [4.78, 5) is 26.3. The molecule has 0 unspecified atom stereocenters. The van der Waals surface area contributed by atoms with Gasteiger partial charge in [-0.2, -0.15) is 0 Å². The maximum absolute atomic E-state index is 11.9. The summed E-state index contributed by atoms with van der Waals surface area (Å²) in [7, 11) is 0. The molecule has 96 valence electrons. The van der Waals surface area contributed by atoms with Crippen LogP contribution in [0.1, 0.15) is 27.2 Å². The topological polar surface area (TPSA) is 49.9 Å². The zero-order valence-electron chi connectivity index (χ0n) is 10.3. The van der Waals surface area contributed by atoms with Crippen LogP contribution >= 0.6 is 11.6 Å². The average molecular weight is 261 g/mol. The SMILES string of the molecule is CC(C)(C)OC(=O)N1C[C@@H]2C[C@H]1CN2C(=O)Cl. The molecule has 2 atom stereocenters. The average Bonchev–Trinajstić information content (AvgIpc) is 2.72. The molecule has 0 aliphatic carbocycles. The minimum absolute atomic E-state index is 0.0533. The van der Waals surface area contributed by atoms with E-state index in [1.165, 1.54) is 0 Å². The molecule has 2 rings (SSSR count). The molecular formula is C11H17ClN2O3. The van der Waals surface area contributed by atoms with Gasteiger partial charge in [0.25, 0.3) is 0 Å². The standard InChI is InChI=1S/C11H17ClN2O3/c1-11(2,3)17-10(16)14-6-7-4-8(14)5-13(7)9(12)15/h7-8H,4-6H2,1-3H3/t7-,8-/m0/s1. The van der Waals surface area contributed by atoms with Crippen molar-refractivity contribution >= 4 is 23.1 Å². The lowest BCUT2D eigenvalue weighted by Gasteiger charge is -2.34. The van der Waals surface area contributed by atoms with Gasteiger partial charge >= 0.3 is 11.5 Å². The predicted molar refractivity (Wildman–Crippen MR) is 63.1 cm³/mol. The van der Waals surface area contributed by atoms with Gasteiger partial charge in [-0.25, -0.2) is 4.79 Å². The van der Waals surface area contributed by atoms with Crippen molar-refractivity contribution in [1.82, 2.24) is 9.80 Å². The summed E-state index contributed by atoms with van der Waals surface area (Å²) in [5, 5.41) is -0.429. The quantitative estimate of drug-likeness (QED) is 0.495. The fraction of sp³-hybridized carbons (Fsp3) is 0.818. The molecule has 2 saturated heterocycles. The summed E-state index contributed by atoms with van der Waals surface area (Å²) in [6, 6.07) is 0.107. The van der Waals surface area contributed by atoms with Gasteiger partial charge in [-0.15, -0.1) is 0 Å². The van der Waals surface area contributed by atoms with E-state index in [1.54, 1.807) is 9.80 Å². The summed E-state index contributed by atoms with van der Waals surface area (Å²) < 4.78 is 5.32. The number of hydrogen-bond donors (Lipinski definition) is 0. The van der Waals surface area contributed by atoms with Gasteiger partial charge in [0.05, 0.1) is 12.1 Å². The number of likely N-dealkylation sites (tertiary alicyclic amines) is 2. The smallest absolute Gasteiger partial charge is 0.410 e. The number of carbonyl (C=O) groups excluding carboxylic acids is 2. The Morgan fingerprint density at radius 1 is 1.18 bits per heavy atom. The first-order valence-electron chi connectivity index (χ1n) is 5.73. The summed E-state index contributed by atoms with van der Waals surface area (Å²) in [6.45, 7) is 6.57. The molecule has 17 heavy (non-hydrogen) atoms. The number of ether oxygens (including phenoxy) is 1. The van der Waals surface area contributed by atoms with Crippen molar-refractivity contribution in [3.05, 3.63) is 0 Å². The molecule has 0 N–H and O–H groups in total. The lowest BCUT2D eigenvalue weighted by molar-refractivity contribution is 0.0159. The molecule has 0 radical (unpaired) electrons. The molecule has 0 spiro atoms. The van der Waals surface area contributed by atoms with Crippen LogP contribution in [0.25, 0.3) is 0 Å². The summed E-state index contributed by atoms with van der Waals surface area (Å²) in [5.41, 5.74) is -0.485. The van der Waals surface area contributed by atoms with Crippen LogP contribution in [-0.4, -0.2) is 52.0 Å². The maximum Gasteiger partial charge on any atom is 0.410 e. The van der Waals surface area contributed by atoms with Crippen LogP contribution < -0.4 is 0 Å². The minimum Gasteiger partial charge on any atom is -0.444 e. The van der Waals surface area contributed by atoms with Crippen LogP contribution in [0.4, 0.5) is 9.59 Å². The van der Waals surface area contributed by atoms with Crippen molar-refractivity contribution in [2.75, 3.05) is 13.1 Å². The summed E-state index contributed by atoms with van der Waals surface area (Å²) in [6.07, 6.45) is 0.504. The van der Waals surface area contributed by atoms with E-state index in [0.717, 1.165) is 6.42 Å². The number of fused-ring (bicyclic) bond motifs is 2. The van der Waals surface area contributed by atoms with Gasteiger partial charge in [0.2, 0.25) is 0 Å². The second-order valence-corrected chi connectivity index (χ2v) is 5.90. The minimum atomic E-state index is -0.485. The lowest BCUT2D eigenvalue weighted by atomic mass is 10.2. The second kappa shape index (κ2) is 4.05. The monoisotopic (exact) mass is 260 g/mol. The molecule has 2 bridgehead atoms. The van der Waals surface area contributed by atoms with E-state index in [-0.39, 0.29) is 18.2 Å². The molecule has 0 aromatic rings. The van der Waals surface area contributed by atoms with Crippen LogP contribution in [-0.2, 0) is 4.74 Å². The predicted octanol–water partition coefficient (Wildman–Crippen LogP) is 2.04. The zero-order valence-corrected chi connectivity index (χ0v) is 11.0. The van der Waals surface area contributed by atoms with Gasteiger partial charge in [-0.3, -0.25) is 4.79 Å². The van der Waals surface area contributed by atoms with Crippen LogP contribution in [0, 0.1) is 0 Å². The fourth-order valence-corrected chi connectivity index (χ4v) is 2.63. The van der Waals surface area contributed by atoms with Crippen LogP contribution in [0.15, 0.2) is 0 Å². The van der Waals surface area contributed by atoms with Gasteiger partial charge in [-0.1, -0.05) is 0 Å². The Bertz CT molecular complexity index is 353. The third-order valence-electron chi connectivity index (χ3n) is 3.09. The van der Waals surface area contributed by atoms with E-state index in [1.807, 2.05) is 20.8 Å². The van der Waals surface area contributed by atoms with Gasteiger partial charge in [-0.05, 0) is 38.8 Å². The molecule has 2 aliphatic heterocycles. The highest BCUT2D eigenvalue weighted by Gasteiger charge is 2.47. The van der Waals surface area contributed by atoms with Crippen molar-refractivity contribution < 1.29 is 14.3 Å². The molecule has 0 aromatic carbocycles. The van der Waals surface area contributed by atoms with Crippen LogP contribution in [0.3, 0.4) is 0 Å². The molecule has 6 heteroatoms. The van der Waals surface area contributed by atoms with E-state index in [9.17, 15) is 9.59 Å². The third-order valence-corrected chi connectivity index (χ3v) is 3.31. The normalized spacial score (nSPS) is 27.5. The first-order chi connectivity index (χ1) is 7.78. The number of carbonyl (C=O) groups is 2. The molecular weight excluding hydrogens is 244 g/mol. The number of hydrogen-bond acceptors (Lipinski definition) is 3. The Morgan fingerprint density at radius 2 is 1.71 bits per heavy atom. The largest absolute Gasteiger partial charge is 0.444 e. The van der Waals surface area contributed by atoms with Crippen LogP contribution in [0.5, 0.6) is 0 Å². The number of halogens is 1. The number of amides is 2. The third kappa shape index (κ3) is 2.49. The van der Waals surface area contributed by atoms with Crippen molar-refractivity contribution in [3.8, 4) is 0 Å². The van der Waals surface area contributed by atoms with Crippen molar-refractivity contribution in [3.63, 3.8) is 0 Å². The Hall–Kier alpha value is -0.970. The Kier molecular flexibility index (Phi) is 2.97. The van der Waals surface area contributed by atoms with Crippen molar-refractivity contribution in [2.24, 2.45) is 0 Å². The zero-order chi connectivity index (χ0) is 12.8.